The predicted molar refractivity (Wildman–Crippen MR) is 41.8 cm³/mol. The topological polar surface area (TPSA) is 17.1 Å². The zero-order valence-electron chi connectivity index (χ0n) is 7.79. The van der Waals surface area contributed by atoms with E-state index in [9.17, 15) is 35.5 Å². The maximum Gasteiger partial charge on any atom is 0.419 e. The summed E-state index contributed by atoms with van der Waals surface area (Å²) in [6.45, 7) is 0. The van der Waals surface area contributed by atoms with E-state index in [0.29, 0.717) is 0 Å². The van der Waals surface area contributed by atoms with Crippen LogP contribution in [0, 0.1) is 5.82 Å². The zero-order chi connectivity index (χ0) is 13.4. The van der Waals surface area contributed by atoms with E-state index in [0.717, 1.165) is 0 Å². The van der Waals surface area contributed by atoms with Gasteiger partial charge in [0, 0.05) is 5.56 Å². The number of benzene rings is 1. The van der Waals surface area contributed by atoms with Crippen molar-refractivity contribution in [2.75, 3.05) is 0 Å². The molecule has 0 spiro atoms. The summed E-state index contributed by atoms with van der Waals surface area (Å²) in [5, 5.41) is 0. The fraction of sp³-hybridized carbons (Fsp3) is 0.222. The Morgan fingerprint density at radius 3 is 1.71 bits per heavy atom. The van der Waals surface area contributed by atoms with Gasteiger partial charge in [0.05, 0.1) is 11.1 Å². The third-order valence-corrected chi connectivity index (χ3v) is 1.88. The first-order valence-corrected chi connectivity index (χ1v) is 4.00. The van der Waals surface area contributed by atoms with Crippen molar-refractivity contribution in [3.8, 4) is 0 Å². The van der Waals surface area contributed by atoms with Crippen molar-refractivity contribution < 1.29 is 35.5 Å². The molecule has 0 saturated carbocycles. The molecule has 0 aliphatic rings. The van der Waals surface area contributed by atoms with Crippen LogP contribution in [0.25, 0.3) is 0 Å². The highest BCUT2D eigenvalue weighted by Gasteiger charge is 2.39. The summed E-state index contributed by atoms with van der Waals surface area (Å²) in [4.78, 5) is 10.3. The summed E-state index contributed by atoms with van der Waals surface area (Å²) in [6.07, 6.45) is -10.7. The van der Waals surface area contributed by atoms with Crippen LogP contribution in [0.15, 0.2) is 12.1 Å². The minimum atomic E-state index is -5.16. The van der Waals surface area contributed by atoms with Gasteiger partial charge in [-0.25, -0.2) is 4.39 Å². The van der Waals surface area contributed by atoms with Crippen molar-refractivity contribution in [2.45, 2.75) is 12.4 Å². The van der Waals surface area contributed by atoms with Crippen LogP contribution in [0.3, 0.4) is 0 Å². The molecule has 0 bridgehead atoms. The monoisotopic (exact) mass is 260 g/mol. The van der Waals surface area contributed by atoms with Crippen molar-refractivity contribution in [1.82, 2.24) is 0 Å². The van der Waals surface area contributed by atoms with Crippen LogP contribution in [-0.2, 0) is 12.4 Å². The minimum absolute atomic E-state index is 0.162. The van der Waals surface area contributed by atoms with E-state index in [1.54, 1.807) is 0 Å². The normalized spacial score (nSPS) is 12.6. The fourth-order valence-corrected chi connectivity index (χ4v) is 1.15. The summed E-state index contributed by atoms with van der Waals surface area (Å²) < 4.78 is 86.0. The lowest BCUT2D eigenvalue weighted by Gasteiger charge is -2.13. The Morgan fingerprint density at radius 1 is 0.882 bits per heavy atom. The Hall–Kier alpha value is -1.60. The van der Waals surface area contributed by atoms with E-state index in [-0.39, 0.29) is 12.1 Å². The van der Waals surface area contributed by atoms with Crippen LogP contribution in [-0.4, -0.2) is 6.29 Å². The van der Waals surface area contributed by atoms with Crippen LogP contribution >= 0.6 is 0 Å². The van der Waals surface area contributed by atoms with E-state index in [1.165, 1.54) is 0 Å². The van der Waals surface area contributed by atoms with Crippen molar-refractivity contribution in [2.24, 2.45) is 0 Å². The first kappa shape index (κ1) is 13.5. The number of alkyl halides is 6. The predicted octanol–water partition coefficient (Wildman–Crippen LogP) is 3.68. The van der Waals surface area contributed by atoms with Crippen molar-refractivity contribution >= 4 is 6.29 Å². The quantitative estimate of drug-likeness (QED) is 0.556. The molecule has 17 heavy (non-hydrogen) atoms. The fourth-order valence-electron chi connectivity index (χ4n) is 1.15. The van der Waals surface area contributed by atoms with Crippen LogP contribution in [0.5, 0.6) is 0 Å². The molecule has 0 aliphatic carbocycles. The van der Waals surface area contributed by atoms with Gasteiger partial charge in [-0.2, -0.15) is 26.3 Å². The Bertz CT molecular complexity index is 444. The van der Waals surface area contributed by atoms with Gasteiger partial charge in [-0.1, -0.05) is 0 Å². The number of rotatable bonds is 1. The number of carbonyl (C=O) groups excluding carboxylic acids is 1. The van der Waals surface area contributed by atoms with Gasteiger partial charge in [0.15, 0.2) is 6.29 Å². The Kier molecular flexibility index (Phi) is 3.17. The number of aldehydes is 1. The lowest BCUT2D eigenvalue weighted by atomic mass is 10.0. The molecule has 0 amide bonds. The van der Waals surface area contributed by atoms with Crippen LogP contribution in [0.1, 0.15) is 21.5 Å². The van der Waals surface area contributed by atoms with Gasteiger partial charge in [0.2, 0.25) is 0 Å². The first-order valence-electron chi connectivity index (χ1n) is 4.00. The largest absolute Gasteiger partial charge is 0.419 e. The zero-order valence-corrected chi connectivity index (χ0v) is 7.79. The molecule has 94 valence electrons. The van der Waals surface area contributed by atoms with E-state index < -0.39 is 41.1 Å². The van der Waals surface area contributed by atoms with Crippen LogP contribution in [0.4, 0.5) is 30.7 Å². The van der Waals surface area contributed by atoms with Crippen molar-refractivity contribution in [3.63, 3.8) is 0 Å². The highest BCUT2D eigenvalue weighted by atomic mass is 19.4. The third-order valence-electron chi connectivity index (χ3n) is 1.88. The number of halogens is 7. The van der Waals surface area contributed by atoms with E-state index in [2.05, 4.69) is 0 Å². The summed E-state index contributed by atoms with van der Waals surface area (Å²) in [5.74, 6) is -2.07. The lowest BCUT2D eigenvalue weighted by Crippen LogP contribution is -2.15. The van der Waals surface area contributed by atoms with Gasteiger partial charge in [0.25, 0.3) is 0 Å². The lowest BCUT2D eigenvalue weighted by molar-refractivity contribution is -0.143. The molecule has 1 aromatic rings. The molecule has 8 heteroatoms. The van der Waals surface area contributed by atoms with Crippen molar-refractivity contribution in [3.05, 3.63) is 34.6 Å². The average Bonchev–Trinajstić information content (AvgIpc) is 2.14. The van der Waals surface area contributed by atoms with E-state index in [1.807, 2.05) is 0 Å². The molecule has 0 heterocycles. The van der Waals surface area contributed by atoms with Gasteiger partial charge >= 0.3 is 12.4 Å². The first-order chi connectivity index (χ1) is 7.57. The van der Waals surface area contributed by atoms with Gasteiger partial charge in [0.1, 0.15) is 5.82 Å². The second-order valence-corrected chi connectivity index (χ2v) is 3.03. The summed E-state index contributed by atoms with van der Waals surface area (Å²) in [7, 11) is 0. The molecule has 0 atom stereocenters. The highest BCUT2D eigenvalue weighted by Crippen LogP contribution is 2.37. The molecule has 0 aromatic heterocycles. The SMILES string of the molecule is O=Cc1cc(C(F)(F)F)c(F)cc1C(F)(F)F. The molecule has 1 rings (SSSR count). The van der Waals surface area contributed by atoms with E-state index >= 15 is 0 Å². The van der Waals surface area contributed by atoms with Crippen molar-refractivity contribution in [1.29, 1.82) is 0 Å². The molecule has 1 aromatic carbocycles. The second kappa shape index (κ2) is 4.01. The third kappa shape index (κ3) is 2.75. The van der Waals surface area contributed by atoms with Gasteiger partial charge in [-0.3, -0.25) is 4.79 Å². The van der Waals surface area contributed by atoms with Crippen LogP contribution in [0.2, 0.25) is 0 Å². The average molecular weight is 260 g/mol. The Balaban J connectivity index is 3.51. The summed E-state index contributed by atoms with van der Waals surface area (Å²) in [6, 6.07) is -0.502. The highest BCUT2D eigenvalue weighted by molar-refractivity contribution is 5.78. The maximum absolute atomic E-state index is 12.9. The molecule has 0 N–H and O–H groups in total. The molecular weight excluding hydrogens is 257 g/mol. The molecule has 0 aliphatic heterocycles. The van der Waals surface area contributed by atoms with E-state index in [4.69, 9.17) is 0 Å². The molecule has 0 unspecified atom stereocenters. The summed E-state index contributed by atoms with van der Waals surface area (Å²) in [5.41, 5.74) is -4.91. The number of hydrogen-bond acceptors (Lipinski definition) is 1. The minimum Gasteiger partial charge on any atom is -0.298 e. The Morgan fingerprint density at radius 2 is 1.35 bits per heavy atom. The van der Waals surface area contributed by atoms with Gasteiger partial charge in [-0.05, 0) is 12.1 Å². The van der Waals surface area contributed by atoms with Gasteiger partial charge < -0.3 is 0 Å². The molecular formula is C9H3F7O. The smallest absolute Gasteiger partial charge is 0.298 e. The number of hydrogen-bond donors (Lipinski definition) is 0. The summed E-state index contributed by atoms with van der Waals surface area (Å²) >= 11 is 0. The Labute approximate surface area is 89.8 Å². The molecule has 1 nitrogen and oxygen atoms in total. The molecule has 0 saturated heterocycles. The molecule has 0 fully saturated rings. The van der Waals surface area contributed by atoms with Crippen LogP contribution < -0.4 is 0 Å². The molecule has 0 radical (unpaired) electrons. The maximum atomic E-state index is 12.9. The van der Waals surface area contributed by atoms with Gasteiger partial charge in [-0.15, -0.1) is 0 Å². The standard InChI is InChI=1S/C9H3F7O/c10-7-2-5(8(11,12)13)4(3-17)1-6(7)9(14,15)16/h1-3H. The second-order valence-electron chi connectivity index (χ2n) is 3.03. The number of carbonyl (C=O) groups is 1.